The molecule has 1 fully saturated rings. The molecule has 2 aromatic heterocycles. The smallest absolute Gasteiger partial charge is 0.432 e. The van der Waals surface area contributed by atoms with Crippen molar-refractivity contribution in [2.24, 2.45) is 5.92 Å². The minimum atomic E-state index is -4.52. The lowest BCUT2D eigenvalue weighted by Gasteiger charge is -2.15. The maximum atomic E-state index is 12.9. The number of anilines is 1. The van der Waals surface area contributed by atoms with E-state index in [1.807, 2.05) is 10.8 Å². The Bertz CT molecular complexity index is 1140. The Kier molecular flexibility index (Phi) is 6.51. The molecular weight excluding hydrogens is 439 g/mol. The number of hydrogen-bond acceptors (Lipinski definition) is 4. The highest BCUT2D eigenvalue weighted by Gasteiger charge is 2.33. The van der Waals surface area contributed by atoms with Gasteiger partial charge in [0.25, 0.3) is 0 Å². The van der Waals surface area contributed by atoms with Crippen molar-refractivity contribution in [2.45, 2.75) is 31.9 Å². The van der Waals surface area contributed by atoms with E-state index in [4.69, 9.17) is 4.74 Å². The van der Waals surface area contributed by atoms with Crippen LogP contribution in [0.15, 0.2) is 41.2 Å². The van der Waals surface area contributed by atoms with E-state index in [0.29, 0.717) is 29.5 Å². The Morgan fingerprint density at radius 3 is 2.78 bits per heavy atom. The minimum absolute atomic E-state index is 0.0412. The second-order valence-electron chi connectivity index (χ2n) is 7.53. The summed E-state index contributed by atoms with van der Waals surface area (Å²) in [7, 11) is 0. The Morgan fingerprint density at radius 1 is 1.28 bits per heavy atom. The zero-order valence-corrected chi connectivity index (χ0v) is 17.8. The monoisotopic (exact) mass is 459 g/mol. The van der Waals surface area contributed by atoms with Crippen molar-refractivity contribution in [1.82, 2.24) is 9.97 Å². The molecule has 0 bridgehead atoms. The summed E-state index contributed by atoms with van der Waals surface area (Å²) in [5, 5.41) is 6.38. The maximum Gasteiger partial charge on any atom is 0.432 e. The van der Waals surface area contributed by atoms with Crippen molar-refractivity contribution in [3.8, 4) is 29.0 Å². The maximum absolute atomic E-state index is 12.9. The number of nitrogens with zero attached hydrogens (tertiary/aromatic N) is 1. The first-order valence-corrected chi connectivity index (χ1v) is 11.1. The SMILES string of the molecule is O=C(C#Cc1ccsc1)Nc1cc(-c2ncc(C(F)(F)F)[nH]2)ccc1OCC1CCCC1. The molecule has 1 saturated carbocycles. The zero-order valence-electron chi connectivity index (χ0n) is 17.0. The van der Waals surface area contributed by atoms with E-state index in [1.54, 1.807) is 18.2 Å². The summed E-state index contributed by atoms with van der Waals surface area (Å²) >= 11 is 1.47. The predicted octanol–water partition coefficient (Wildman–Crippen LogP) is 5.72. The van der Waals surface area contributed by atoms with Crippen molar-refractivity contribution in [3.05, 3.63) is 52.5 Å². The third-order valence-electron chi connectivity index (χ3n) is 5.17. The second-order valence-corrected chi connectivity index (χ2v) is 8.31. The standard InChI is InChI=1S/C23H20F3N3O2S/c24-23(25,26)20-12-27-22(29-20)17-6-7-19(31-13-15-3-1-2-4-15)18(11-17)28-21(30)8-5-16-9-10-32-14-16/h6-7,9-12,14-15H,1-4,13H2,(H,27,29)(H,28,30). The number of hydrogen-bond donors (Lipinski definition) is 2. The Labute approximate surface area is 187 Å². The number of aromatic nitrogens is 2. The Hall–Kier alpha value is -3.25. The van der Waals surface area contributed by atoms with E-state index >= 15 is 0 Å². The van der Waals surface area contributed by atoms with Gasteiger partial charge in [-0.25, -0.2) is 4.98 Å². The highest BCUT2D eigenvalue weighted by atomic mass is 32.1. The molecule has 0 unspecified atom stereocenters. The van der Waals surface area contributed by atoms with Gasteiger partial charge in [-0.05, 0) is 48.4 Å². The number of amides is 1. The van der Waals surface area contributed by atoms with Gasteiger partial charge in [0.1, 0.15) is 17.3 Å². The van der Waals surface area contributed by atoms with Crippen LogP contribution in [0.3, 0.4) is 0 Å². The van der Waals surface area contributed by atoms with Gasteiger partial charge in [0.15, 0.2) is 0 Å². The highest BCUT2D eigenvalue weighted by Crippen LogP contribution is 2.34. The van der Waals surface area contributed by atoms with Crippen LogP contribution in [0.5, 0.6) is 5.75 Å². The number of imidazole rings is 1. The average Bonchev–Trinajstić information content (AvgIpc) is 3.53. The average molecular weight is 459 g/mol. The summed E-state index contributed by atoms with van der Waals surface area (Å²) in [4.78, 5) is 18.5. The predicted molar refractivity (Wildman–Crippen MR) is 116 cm³/mol. The van der Waals surface area contributed by atoms with E-state index in [9.17, 15) is 18.0 Å². The highest BCUT2D eigenvalue weighted by molar-refractivity contribution is 7.08. The van der Waals surface area contributed by atoms with Gasteiger partial charge in [-0.3, -0.25) is 4.79 Å². The number of thiophene rings is 1. The fourth-order valence-electron chi connectivity index (χ4n) is 3.52. The van der Waals surface area contributed by atoms with Crippen molar-refractivity contribution in [2.75, 3.05) is 11.9 Å². The lowest BCUT2D eigenvalue weighted by molar-refractivity contribution is -0.140. The molecule has 2 N–H and O–H groups in total. The molecule has 4 rings (SSSR count). The first-order chi connectivity index (χ1) is 15.4. The summed E-state index contributed by atoms with van der Waals surface area (Å²) in [6.07, 6.45) is 0.759. The molecule has 9 heteroatoms. The molecule has 32 heavy (non-hydrogen) atoms. The summed E-state index contributed by atoms with van der Waals surface area (Å²) in [5.41, 5.74) is 0.498. The number of nitrogens with one attached hydrogen (secondary N) is 2. The van der Waals surface area contributed by atoms with Gasteiger partial charge in [-0.1, -0.05) is 18.8 Å². The van der Waals surface area contributed by atoms with Gasteiger partial charge in [-0.2, -0.15) is 24.5 Å². The van der Waals surface area contributed by atoms with Gasteiger partial charge in [0.05, 0.1) is 18.5 Å². The number of carbonyl (C=O) groups is 1. The lowest BCUT2D eigenvalue weighted by Crippen LogP contribution is -2.13. The Balaban J connectivity index is 1.57. The van der Waals surface area contributed by atoms with Crippen LogP contribution >= 0.6 is 11.3 Å². The molecule has 0 radical (unpaired) electrons. The van der Waals surface area contributed by atoms with E-state index in [0.717, 1.165) is 24.6 Å². The van der Waals surface area contributed by atoms with Gasteiger partial charge in [-0.15, -0.1) is 0 Å². The number of benzene rings is 1. The van der Waals surface area contributed by atoms with E-state index in [1.165, 1.54) is 30.2 Å². The first kappa shape index (κ1) is 22.0. The molecule has 1 aliphatic rings. The van der Waals surface area contributed by atoms with Crippen LogP contribution in [-0.4, -0.2) is 22.5 Å². The van der Waals surface area contributed by atoms with Crippen LogP contribution in [0.25, 0.3) is 11.4 Å². The molecule has 1 aromatic carbocycles. The zero-order chi connectivity index (χ0) is 22.6. The van der Waals surface area contributed by atoms with Crippen LogP contribution < -0.4 is 10.1 Å². The van der Waals surface area contributed by atoms with E-state index < -0.39 is 17.8 Å². The van der Waals surface area contributed by atoms with Gasteiger partial charge in [0.2, 0.25) is 0 Å². The second kappa shape index (κ2) is 9.49. The lowest BCUT2D eigenvalue weighted by atomic mass is 10.1. The fraction of sp³-hybridized carbons (Fsp3) is 0.304. The van der Waals surface area contributed by atoms with E-state index in [2.05, 4.69) is 27.1 Å². The van der Waals surface area contributed by atoms with Crippen molar-refractivity contribution in [1.29, 1.82) is 0 Å². The minimum Gasteiger partial charge on any atom is -0.491 e. The molecule has 0 spiro atoms. The van der Waals surface area contributed by atoms with Crippen molar-refractivity contribution in [3.63, 3.8) is 0 Å². The first-order valence-electron chi connectivity index (χ1n) is 10.1. The number of aromatic amines is 1. The van der Waals surface area contributed by atoms with Crippen LogP contribution in [0.4, 0.5) is 18.9 Å². The number of H-pyrrole nitrogens is 1. The molecule has 0 saturated heterocycles. The van der Waals surface area contributed by atoms with Crippen molar-refractivity contribution < 1.29 is 22.7 Å². The number of carbonyl (C=O) groups excluding carboxylic acids is 1. The molecule has 1 aliphatic carbocycles. The molecule has 1 amide bonds. The molecule has 3 aromatic rings. The Morgan fingerprint density at radius 2 is 2.09 bits per heavy atom. The van der Waals surface area contributed by atoms with Gasteiger partial charge in [0, 0.05) is 22.4 Å². The van der Waals surface area contributed by atoms with Crippen LogP contribution in [-0.2, 0) is 11.0 Å². The number of rotatable bonds is 5. The quantitative estimate of drug-likeness (QED) is 0.480. The molecule has 2 heterocycles. The van der Waals surface area contributed by atoms with Crippen LogP contribution in [0, 0.1) is 17.8 Å². The molecular formula is C23H20F3N3O2S. The molecule has 166 valence electrons. The van der Waals surface area contributed by atoms with Crippen LogP contribution in [0.2, 0.25) is 0 Å². The molecule has 5 nitrogen and oxygen atoms in total. The van der Waals surface area contributed by atoms with E-state index in [-0.39, 0.29) is 5.82 Å². The van der Waals surface area contributed by atoms with Gasteiger partial charge < -0.3 is 15.0 Å². The fourth-order valence-corrected chi connectivity index (χ4v) is 4.10. The summed E-state index contributed by atoms with van der Waals surface area (Å²) in [5.74, 6) is 5.68. The number of halogens is 3. The van der Waals surface area contributed by atoms with Crippen LogP contribution in [0.1, 0.15) is 36.9 Å². The van der Waals surface area contributed by atoms with Crippen molar-refractivity contribution >= 4 is 22.9 Å². The largest absolute Gasteiger partial charge is 0.491 e. The molecule has 0 aliphatic heterocycles. The number of alkyl halides is 3. The topological polar surface area (TPSA) is 67.0 Å². The third-order valence-corrected chi connectivity index (χ3v) is 5.86. The molecule has 0 atom stereocenters. The third kappa shape index (κ3) is 5.51. The number of ether oxygens (including phenoxy) is 1. The normalized spacial score (nSPS) is 14.1. The summed E-state index contributed by atoms with van der Waals surface area (Å²) < 4.78 is 44.7. The summed E-state index contributed by atoms with van der Waals surface area (Å²) in [6.45, 7) is 0.516. The van der Waals surface area contributed by atoms with Gasteiger partial charge >= 0.3 is 12.1 Å². The summed E-state index contributed by atoms with van der Waals surface area (Å²) in [6, 6.07) is 6.57.